The maximum atomic E-state index is 12.5. The van der Waals surface area contributed by atoms with Crippen molar-refractivity contribution in [1.82, 2.24) is 5.32 Å². The number of hydrogen-bond acceptors (Lipinski definition) is 5. The number of nitrogen functional groups attached to an aromatic ring is 1. The van der Waals surface area contributed by atoms with Gasteiger partial charge in [0.05, 0.1) is 16.7 Å². The van der Waals surface area contributed by atoms with Crippen LogP contribution >= 0.6 is 0 Å². The molecule has 0 saturated heterocycles. The summed E-state index contributed by atoms with van der Waals surface area (Å²) in [6.07, 6.45) is -0.0883. The smallest absolute Gasteiger partial charge is 0.284 e. The van der Waals surface area contributed by atoms with Gasteiger partial charge >= 0.3 is 0 Å². The quantitative estimate of drug-likeness (QED) is 0.405. The number of nitro benzene ring substituents is 1. The minimum Gasteiger partial charge on any atom is -0.398 e. The number of aliphatic hydroxyl groups is 1. The van der Waals surface area contributed by atoms with Gasteiger partial charge in [-0.25, -0.2) is 0 Å². The summed E-state index contributed by atoms with van der Waals surface area (Å²) in [6, 6.07) is 13.6. The number of hydrogen-bond donors (Lipinski definition) is 3. The number of amides is 1. The Balaban J connectivity index is 2.18. The number of nitro groups is 1. The first kappa shape index (κ1) is 18.4. The number of anilines is 1. The second-order valence-electron chi connectivity index (χ2n) is 5.90. The molecule has 7 heteroatoms. The second kappa shape index (κ2) is 8.25. The van der Waals surface area contributed by atoms with Crippen molar-refractivity contribution in [3.8, 4) is 0 Å². The van der Waals surface area contributed by atoms with Crippen LogP contribution in [0.3, 0.4) is 0 Å². The lowest BCUT2D eigenvalue weighted by molar-refractivity contribution is -0.385. The highest BCUT2D eigenvalue weighted by Crippen LogP contribution is 2.25. The van der Waals surface area contributed by atoms with Crippen molar-refractivity contribution >= 4 is 17.3 Å². The van der Waals surface area contributed by atoms with E-state index in [9.17, 15) is 20.0 Å². The summed E-state index contributed by atoms with van der Waals surface area (Å²) in [6.45, 7) is 1.91. The lowest BCUT2D eigenvalue weighted by atomic mass is 9.93. The van der Waals surface area contributed by atoms with Crippen LogP contribution in [0, 0.1) is 10.1 Å². The maximum absolute atomic E-state index is 12.5. The minimum absolute atomic E-state index is 0.0542. The van der Waals surface area contributed by atoms with E-state index in [0.29, 0.717) is 6.42 Å². The van der Waals surface area contributed by atoms with E-state index in [-0.39, 0.29) is 29.4 Å². The molecule has 0 aliphatic carbocycles. The topological polar surface area (TPSA) is 118 Å². The minimum atomic E-state index is -0.629. The molecule has 0 saturated carbocycles. The normalized spacial score (nSPS) is 13.0. The Morgan fingerprint density at radius 1 is 1.24 bits per heavy atom. The molecule has 2 aromatic rings. The first-order chi connectivity index (χ1) is 11.9. The maximum Gasteiger partial charge on any atom is 0.284 e. The molecule has 0 fully saturated rings. The Morgan fingerprint density at radius 2 is 1.92 bits per heavy atom. The van der Waals surface area contributed by atoms with Gasteiger partial charge in [-0.1, -0.05) is 36.4 Å². The Labute approximate surface area is 145 Å². The van der Waals surface area contributed by atoms with Crippen LogP contribution in [0.15, 0.2) is 48.5 Å². The van der Waals surface area contributed by atoms with E-state index in [1.165, 1.54) is 18.2 Å². The molecule has 0 radical (unpaired) electrons. The van der Waals surface area contributed by atoms with Crippen molar-refractivity contribution in [3.63, 3.8) is 0 Å². The van der Waals surface area contributed by atoms with Gasteiger partial charge in [0.15, 0.2) is 0 Å². The van der Waals surface area contributed by atoms with Crippen molar-refractivity contribution in [3.05, 3.63) is 69.8 Å². The Kier molecular flexibility index (Phi) is 6.08. The lowest BCUT2D eigenvalue weighted by Crippen LogP contribution is -2.30. The van der Waals surface area contributed by atoms with Crippen LogP contribution in [0.25, 0.3) is 0 Å². The van der Waals surface area contributed by atoms with Crippen LogP contribution in [-0.4, -0.2) is 28.6 Å². The molecule has 0 aliphatic heterocycles. The largest absolute Gasteiger partial charge is 0.398 e. The number of aliphatic hydroxyl groups excluding tert-OH is 1. The van der Waals surface area contributed by atoms with Gasteiger partial charge in [-0.05, 0) is 25.0 Å². The van der Waals surface area contributed by atoms with Crippen LogP contribution in [0.4, 0.5) is 11.4 Å². The Bertz CT molecular complexity index is 747. The molecule has 2 rings (SSSR count). The van der Waals surface area contributed by atoms with E-state index in [1.807, 2.05) is 30.3 Å². The van der Waals surface area contributed by atoms with E-state index in [2.05, 4.69) is 5.32 Å². The molecule has 0 heterocycles. The molecule has 132 valence electrons. The summed E-state index contributed by atoms with van der Waals surface area (Å²) in [4.78, 5) is 22.9. The molecular weight excluding hydrogens is 322 g/mol. The number of rotatable bonds is 7. The molecule has 0 bridgehead atoms. The molecule has 2 unspecified atom stereocenters. The first-order valence-corrected chi connectivity index (χ1v) is 7.94. The number of carbonyl (C=O) groups is 1. The van der Waals surface area contributed by atoms with E-state index in [1.54, 1.807) is 6.92 Å². The first-order valence-electron chi connectivity index (χ1n) is 7.94. The molecule has 0 spiro atoms. The van der Waals surface area contributed by atoms with Gasteiger partial charge in [0.1, 0.15) is 5.56 Å². The molecular formula is C18H21N3O4. The molecule has 2 atom stereocenters. The van der Waals surface area contributed by atoms with Crippen molar-refractivity contribution in [1.29, 1.82) is 0 Å². The number of nitrogens with two attached hydrogens (primary N) is 1. The van der Waals surface area contributed by atoms with Gasteiger partial charge in [0.25, 0.3) is 11.6 Å². The summed E-state index contributed by atoms with van der Waals surface area (Å²) in [5.41, 5.74) is 6.31. The zero-order valence-electron chi connectivity index (χ0n) is 13.9. The fourth-order valence-corrected chi connectivity index (χ4v) is 2.74. The monoisotopic (exact) mass is 343 g/mol. The zero-order valence-corrected chi connectivity index (χ0v) is 13.9. The predicted molar refractivity (Wildman–Crippen MR) is 95.3 cm³/mol. The van der Waals surface area contributed by atoms with Gasteiger partial charge in [-0.3, -0.25) is 14.9 Å². The fraction of sp³-hybridized carbons (Fsp3) is 0.278. The van der Waals surface area contributed by atoms with Gasteiger partial charge in [-0.15, -0.1) is 0 Å². The highest BCUT2D eigenvalue weighted by molar-refractivity contribution is 6.03. The Hall–Kier alpha value is -2.93. The summed E-state index contributed by atoms with van der Waals surface area (Å²) in [5, 5.41) is 23.5. The van der Waals surface area contributed by atoms with Gasteiger partial charge in [0.2, 0.25) is 0 Å². The third kappa shape index (κ3) is 4.77. The molecule has 0 aliphatic rings. The SMILES string of the molecule is CC(O)CC(CNC(=O)c1c(N)cccc1[N+](=O)[O-])c1ccccc1. The fourth-order valence-electron chi connectivity index (χ4n) is 2.74. The van der Waals surface area contributed by atoms with Crippen LogP contribution in [0.2, 0.25) is 0 Å². The highest BCUT2D eigenvalue weighted by atomic mass is 16.6. The average molecular weight is 343 g/mol. The van der Waals surface area contributed by atoms with Crippen LogP contribution < -0.4 is 11.1 Å². The summed E-state index contributed by atoms with van der Waals surface area (Å²) in [5.74, 6) is -0.717. The van der Waals surface area contributed by atoms with E-state index in [4.69, 9.17) is 5.73 Å². The molecule has 7 nitrogen and oxygen atoms in total. The Morgan fingerprint density at radius 3 is 2.52 bits per heavy atom. The van der Waals surface area contributed by atoms with E-state index in [0.717, 1.165) is 5.56 Å². The summed E-state index contributed by atoms with van der Waals surface area (Å²) >= 11 is 0. The van der Waals surface area contributed by atoms with Gasteiger partial charge in [0, 0.05) is 18.5 Å². The summed E-state index contributed by atoms with van der Waals surface area (Å²) < 4.78 is 0. The van der Waals surface area contributed by atoms with Gasteiger partial charge in [-0.2, -0.15) is 0 Å². The second-order valence-corrected chi connectivity index (χ2v) is 5.90. The average Bonchev–Trinajstić information content (AvgIpc) is 2.58. The standard InChI is InChI=1S/C18H21N3O4/c1-12(22)10-14(13-6-3-2-4-7-13)11-20-18(23)17-15(19)8-5-9-16(17)21(24)25/h2-9,12,14,22H,10-11,19H2,1H3,(H,20,23). The van der Waals surface area contributed by atoms with E-state index >= 15 is 0 Å². The molecule has 25 heavy (non-hydrogen) atoms. The van der Waals surface area contributed by atoms with Gasteiger partial charge < -0.3 is 16.2 Å². The molecule has 4 N–H and O–H groups in total. The third-order valence-electron chi connectivity index (χ3n) is 3.90. The van der Waals surface area contributed by atoms with Crippen molar-refractivity contribution in [2.75, 3.05) is 12.3 Å². The zero-order chi connectivity index (χ0) is 18.4. The summed E-state index contributed by atoms with van der Waals surface area (Å²) in [7, 11) is 0. The number of nitrogens with one attached hydrogen (secondary N) is 1. The number of nitrogens with zero attached hydrogens (tertiary/aromatic N) is 1. The molecule has 0 aromatic heterocycles. The van der Waals surface area contributed by atoms with Crippen molar-refractivity contribution in [2.24, 2.45) is 0 Å². The predicted octanol–water partition coefficient (Wildman–Crippen LogP) is 2.46. The number of benzene rings is 2. The van der Waals surface area contributed by atoms with Crippen molar-refractivity contribution in [2.45, 2.75) is 25.4 Å². The molecule has 2 aromatic carbocycles. The van der Waals surface area contributed by atoms with E-state index < -0.39 is 16.9 Å². The van der Waals surface area contributed by atoms with Crippen LogP contribution in [-0.2, 0) is 0 Å². The lowest BCUT2D eigenvalue weighted by Gasteiger charge is -2.20. The van der Waals surface area contributed by atoms with Crippen molar-refractivity contribution < 1.29 is 14.8 Å². The number of carbonyl (C=O) groups excluding carboxylic acids is 1. The highest BCUT2D eigenvalue weighted by Gasteiger charge is 2.24. The molecule has 1 amide bonds. The van der Waals surface area contributed by atoms with Crippen LogP contribution in [0.5, 0.6) is 0 Å². The van der Waals surface area contributed by atoms with Crippen LogP contribution in [0.1, 0.15) is 35.2 Å². The third-order valence-corrected chi connectivity index (χ3v) is 3.90.